The average molecular weight is 540 g/mol. The van der Waals surface area contributed by atoms with Crippen molar-refractivity contribution in [1.82, 2.24) is 25.2 Å². The van der Waals surface area contributed by atoms with Crippen LogP contribution in [0.2, 0.25) is 0 Å². The molecule has 3 N–H and O–H groups in total. The fourth-order valence-electron chi connectivity index (χ4n) is 5.05. The van der Waals surface area contributed by atoms with Crippen LogP contribution < -0.4 is 16.0 Å². The molecule has 2 aliphatic rings. The molecule has 1 aromatic rings. The molecule has 2 heterocycles. The molecule has 37 heavy (non-hydrogen) atoms. The second-order valence-corrected chi connectivity index (χ2v) is 12.9. The van der Waals surface area contributed by atoms with Gasteiger partial charge in [0.15, 0.2) is 0 Å². The van der Waals surface area contributed by atoms with Crippen molar-refractivity contribution in [3.05, 3.63) is 35.6 Å². The van der Waals surface area contributed by atoms with Gasteiger partial charge in [0.2, 0.25) is 27.7 Å². The number of nitrogens with zero attached hydrogens (tertiary/aromatic N) is 2. The SMILES string of the molecule is CNC(C)C(=O)NC(C(=O)N1CCC2C1C(C(=O)NCc1ccc(F)cc1)CN2S(C)(=O)=O)C(C)(C)C. The third-order valence-corrected chi connectivity index (χ3v) is 8.50. The zero-order valence-electron chi connectivity index (χ0n) is 22.2. The molecule has 3 amide bonds. The molecule has 0 bridgehead atoms. The lowest BCUT2D eigenvalue weighted by Crippen LogP contribution is -2.59. The number of nitrogens with one attached hydrogen (secondary N) is 3. The molecule has 0 aromatic heterocycles. The molecule has 12 heteroatoms. The first-order valence-electron chi connectivity index (χ1n) is 12.4. The standard InChI is InChI=1S/C25H38FN5O5S/c1-15(27-5)22(32)29-21(25(2,3)4)24(34)30-12-11-19-20(30)18(14-31(19)37(6,35)36)23(33)28-13-16-7-9-17(26)10-8-16/h7-10,15,18-21,27H,11-14H2,1-6H3,(H,28,33)(H,29,32). The third-order valence-electron chi connectivity index (χ3n) is 7.23. The summed E-state index contributed by atoms with van der Waals surface area (Å²) in [7, 11) is -1.98. The van der Waals surface area contributed by atoms with Crippen LogP contribution in [0.15, 0.2) is 24.3 Å². The zero-order valence-corrected chi connectivity index (χ0v) is 23.1. The lowest BCUT2D eigenvalue weighted by molar-refractivity contribution is -0.142. The Kier molecular flexibility index (Phi) is 8.65. The van der Waals surface area contributed by atoms with Crippen molar-refractivity contribution >= 4 is 27.7 Å². The molecule has 0 saturated carbocycles. The van der Waals surface area contributed by atoms with Crippen LogP contribution >= 0.6 is 0 Å². The highest BCUT2D eigenvalue weighted by molar-refractivity contribution is 7.88. The van der Waals surface area contributed by atoms with Crippen LogP contribution in [0.5, 0.6) is 0 Å². The van der Waals surface area contributed by atoms with E-state index in [1.807, 2.05) is 20.8 Å². The van der Waals surface area contributed by atoms with Gasteiger partial charge in [0.05, 0.1) is 24.3 Å². The quantitative estimate of drug-likeness (QED) is 0.440. The van der Waals surface area contributed by atoms with Gasteiger partial charge in [-0.1, -0.05) is 32.9 Å². The maximum Gasteiger partial charge on any atom is 0.246 e. The molecule has 0 aliphatic carbocycles. The number of amides is 3. The van der Waals surface area contributed by atoms with Gasteiger partial charge in [0.25, 0.3) is 0 Å². The van der Waals surface area contributed by atoms with Crippen LogP contribution in [0.4, 0.5) is 4.39 Å². The van der Waals surface area contributed by atoms with Gasteiger partial charge in [0, 0.05) is 25.7 Å². The molecule has 5 atom stereocenters. The maximum atomic E-state index is 13.9. The minimum Gasteiger partial charge on any atom is -0.352 e. The van der Waals surface area contributed by atoms with Crippen LogP contribution in [-0.4, -0.2) is 85.9 Å². The number of likely N-dealkylation sites (N-methyl/N-ethyl adjacent to an activating group) is 1. The Labute approximate surface area is 218 Å². The molecule has 0 radical (unpaired) electrons. The molecule has 3 rings (SSSR count). The highest BCUT2D eigenvalue weighted by Gasteiger charge is 2.56. The first-order valence-corrected chi connectivity index (χ1v) is 14.3. The fraction of sp³-hybridized carbons (Fsp3) is 0.640. The molecular formula is C25H38FN5O5S. The Morgan fingerprint density at radius 1 is 1.16 bits per heavy atom. The number of hydrogen-bond acceptors (Lipinski definition) is 6. The Hall–Kier alpha value is -2.57. The monoisotopic (exact) mass is 539 g/mol. The summed E-state index contributed by atoms with van der Waals surface area (Å²) in [5.74, 6) is -2.24. The van der Waals surface area contributed by atoms with Crippen molar-refractivity contribution in [2.45, 2.75) is 64.8 Å². The molecular weight excluding hydrogens is 501 g/mol. The van der Waals surface area contributed by atoms with Gasteiger partial charge in [-0.15, -0.1) is 0 Å². The fourth-order valence-corrected chi connectivity index (χ4v) is 6.20. The highest BCUT2D eigenvalue weighted by Crippen LogP contribution is 2.38. The highest BCUT2D eigenvalue weighted by atomic mass is 32.2. The van der Waals surface area contributed by atoms with Gasteiger partial charge in [0.1, 0.15) is 11.9 Å². The number of halogens is 1. The third kappa shape index (κ3) is 6.47. The number of carbonyl (C=O) groups is 3. The summed E-state index contributed by atoms with van der Waals surface area (Å²) in [6.45, 7) is 7.59. The summed E-state index contributed by atoms with van der Waals surface area (Å²) in [6.07, 6.45) is 1.49. The molecule has 2 aliphatic heterocycles. The summed E-state index contributed by atoms with van der Waals surface area (Å²) in [5.41, 5.74) is 0.0612. The van der Waals surface area contributed by atoms with Crippen LogP contribution in [0.25, 0.3) is 0 Å². The molecule has 0 spiro atoms. The molecule has 206 valence electrons. The summed E-state index contributed by atoms with van der Waals surface area (Å²) in [5, 5.41) is 8.52. The largest absolute Gasteiger partial charge is 0.352 e. The minimum absolute atomic E-state index is 0.0451. The second kappa shape index (κ2) is 11.0. The molecule has 2 fully saturated rings. The lowest BCUT2D eigenvalue weighted by Gasteiger charge is -2.37. The van der Waals surface area contributed by atoms with E-state index in [2.05, 4.69) is 16.0 Å². The van der Waals surface area contributed by atoms with Crippen molar-refractivity contribution in [2.75, 3.05) is 26.4 Å². The van der Waals surface area contributed by atoms with Crippen LogP contribution in [0, 0.1) is 17.2 Å². The predicted octanol–water partition coefficient (Wildman–Crippen LogP) is 0.442. The summed E-state index contributed by atoms with van der Waals surface area (Å²) in [6, 6.07) is 3.13. The summed E-state index contributed by atoms with van der Waals surface area (Å²) >= 11 is 0. The number of carbonyl (C=O) groups excluding carboxylic acids is 3. The first-order chi connectivity index (χ1) is 17.1. The van der Waals surface area contributed by atoms with Gasteiger partial charge in [-0.05, 0) is 43.5 Å². The molecule has 10 nitrogen and oxygen atoms in total. The smallest absolute Gasteiger partial charge is 0.246 e. The predicted molar refractivity (Wildman–Crippen MR) is 137 cm³/mol. The van der Waals surface area contributed by atoms with Crippen molar-refractivity contribution in [3.8, 4) is 0 Å². The lowest BCUT2D eigenvalue weighted by atomic mass is 9.85. The van der Waals surface area contributed by atoms with E-state index in [-0.39, 0.29) is 43.2 Å². The summed E-state index contributed by atoms with van der Waals surface area (Å²) < 4.78 is 39.7. The number of hydrogen-bond donors (Lipinski definition) is 3. The van der Waals surface area contributed by atoms with Crippen molar-refractivity contribution in [3.63, 3.8) is 0 Å². The normalized spacial score (nSPS) is 23.9. The van der Waals surface area contributed by atoms with Crippen molar-refractivity contribution in [2.24, 2.45) is 11.3 Å². The molecule has 5 unspecified atom stereocenters. The van der Waals surface area contributed by atoms with E-state index in [1.165, 1.54) is 16.4 Å². The Morgan fingerprint density at radius 2 is 1.78 bits per heavy atom. The Balaban J connectivity index is 1.87. The molecule has 1 aromatic carbocycles. The van der Waals surface area contributed by atoms with E-state index in [0.29, 0.717) is 12.0 Å². The van der Waals surface area contributed by atoms with Crippen LogP contribution in [0.3, 0.4) is 0 Å². The number of rotatable bonds is 8. The Bertz CT molecular complexity index is 1120. The van der Waals surface area contributed by atoms with Crippen molar-refractivity contribution < 1.29 is 27.2 Å². The zero-order chi connectivity index (χ0) is 27.7. The van der Waals surface area contributed by atoms with Gasteiger partial charge >= 0.3 is 0 Å². The van der Waals surface area contributed by atoms with E-state index in [9.17, 15) is 27.2 Å². The number of benzene rings is 1. The number of sulfonamides is 1. The summed E-state index contributed by atoms with van der Waals surface area (Å²) in [4.78, 5) is 41.4. The maximum absolute atomic E-state index is 13.9. The number of likely N-dealkylation sites (tertiary alicyclic amines) is 1. The van der Waals surface area contributed by atoms with E-state index < -0.39 is 45.5 Å². The first kappa shape index (κ1) is 29.0. The van der Waals surface area contributed by atoms with Gasteiger partial charge < -0.3 is 20.9 Å². The second-order valence-electron chi connectivity index (χ2n) is 11.0. The van der Waals surface area contributed by atoms with Gasteiger partial charge in [-0.25, -0.2) is 12.8 Å². The molecule has 2 saturated heterocycles. The van der Waals surface area contributed by atoms with Gasteiger partial charge in [-0.2, -0.15) is 4.31 Å². The van der Waals surface area contributed by atoms with E-state index in [4.69, 9.17) is 0 Å². The average Bonchev–Trinajstić information content (AvgIpc) is 3.40. The van der Waals surface area contributed by atoms with E-state index in [0.717, 1.165) is 6.26 Å². The minimum atomic E-state index is -3.63. The van der Waals surface area contributed by atoms with Gasteiger partial charge in [-0.3, -0.25) is 14.4 Å². The Morgan fingerprint density at radius 3 is 2.32 bits per heavy atom. The van der Waals surface area contributed by atoms with Crippen LogP contribution in [-0.2, 0) is 31.0 Å². The van der Waals surface area contributed by atoms with Crippen molar-refractivity contribution in [1.29, 1.82) is 0 Å². The topological polar surface area (TPSA) is 128 Å². The van der Waals surface area contributed by atoms with E-state index in [1.54, 1.807) is 31.0 Å². The van der Waals surface area contributed by atoms with Crippen LogP contribution in [0.1, 0.15) is 39.7 Å². The number of fused-ring (bicyclic) bond motifs is 1. The van der Waals surface area contributed by atoms with E-state index >= 15 is 0 Å².